The van der Waals surface area contributed by atoms with Crippen LogP contribution >= 0.6 is 11.6 Å². The molecule has 32 heavy (non-hydrogen) atoms. The fourth-order valence-electron chi connectivity index (χ4n) is 3.97. The topological polar surface area (TPSA) is 41.3 Å². The quantitative estimate of drug-likeness (QED) is 0.330. The molecule has 1 N–H and O–H groups in total. The molecule has 1 heterocycles. The second-order valence-corrected chi connectivity index (χ2v) is 8.71. The number of phenols is 1. The van der Waals surface area contributed by atoms with Crippen molar-refractivity contribution in [3.05, 3.63) is 70.8 Å². The van der Waals surface area contributed by atoms with Gasteiger partial charge in [0.1, 0.15) is 17.4 Å². The second-order valence-electron chi connectivity index (χ2n) is 8.30. The van der Waals surface area contributed by atoms with Crippen LogP contribution < -0.4 is 0 Å². The molecule has 3 aromatic rings. The number of benzene rings is 2. The van der Waals surface area contributed by atoms with E-state index in [4.69, 9.17) is 16.6 Å². The molecule has 0 aliphatic rings. The molecule has 0 aliphatic carbocycles. The summed E-state index contributed by atoms with van der Waals surface area (Å²) >= 11 is 6.42. The summed E-state index contributed by atoms with van der Waals surface area (Å²) in [6.45, 7) is 8.98. The molecule has 6 heteroatoms. The minimum absolute atomic E-state index is 0.0954. The Kier molecular flexibility index (Phi) is 8.71. The van der Waals surface area contributed by atoms with Gasteiger partial charge in [0.2, 0.25) is 0 Å². The van der Waals surface area contributed by atoms with Gasteiger partial charge >= 0.3 is 0 Å². The number of aromatic hydroxyl groups is 1. The lowest BCUT2D eigenvalue weighted by atomic mass is 10.1. The molecule has 0 radical (unpaired) electrons. The monoisotopic (exact) mass is 457 g/mol. The average molecular weight is 458 g/mol. The number of halogens is 2. The van der Waals surface area contributed by atoms with Gasteiger partial charge in [-0.05, 0) is 56.1 Å². The van der Waals surface area contributed by atoms with Crippen LogP contribution in [0.3, 0.4) is 0 Å². The SMILES string of the molecule is CCCCN(Cc1ccc(O)cc1Cl)C(C)c1cnc(-c2cccc(F)c2)n1CCCC. The molecular weight excluding hydrogens is 425 g/mol. The molecule has 3 rings (SSSR count). The van der Waals surface area contributed by atoms with Gasteiger partial charge in [0.05, 0.1) is 11.9 Å². The van der Waals surface area contributed by atoms with E-state index in [2.05, 4.69) is 30.2 Å². The molecule has 1 aromatic heterocycles. The van der Waals surface area contributed by atoms with Crippen molar-refractivity contribution in [2.75, 3.05) is 6.54 Å². The van der Waals surface area contributed by atoms with Gasteiger partial charge in [-0.25, -0.2) is 9.37 Å². The first-order valence-electron chi connectivity index (χ1n) is 11.5. The Morgan fingerprint density at radius 1 is 1.12 bits per heavy atom. The lowest BCUT2D eigenvalue weighted by Crippen LogP contribution is -2.29. The number of unbranched alkanes of at least 4 members (excludes halogenated alkanes) is 2. The molecule has 0 amide bonds. The van der Waals surface area contributed by atoms with Crippen molar-refractivity contribution < 1.29 is 9.50 Å². The van der Waals surface area contributed by atoms with Crippen molar-refractivity contribution in [1.82, 2.24) is 14.5 Å². The number of hydrogen-bond donors (Lipinski definition) is 1. The van der Waals surface area contributed by atoms with Crippen LogP contribution in [0.5, 0.6) is 5.75 Å². The van der Waals surface area contributed by atoms with Crippen molar-refractivity contribution in [2.24, 2.45) is 0 Å². The molecule has 0 fully saturated rings. The molecule has 172 valence electrons. The highest BCUT2D eigenvalue weighted by Gasteiger charge is 2.23. The standard InChI is InChI=1S/C26H33ClFN3O/c1-4-6-13-30(18-21-11-12-23(32)16-24(21)27)19(3)25-17-29-26(31(25)14-7-5-2)20-9-8-10-22(28)15-20/h8-12,15-17,19,32H,4-7,13-14,18H2,1-3H3. The van der Waals surface area contributed by atoms with Crippen LogP contribution in [0.2, 0.25) is 5.02 Å². The van der Waals surface area contributed by atoms with Crippen LogP contribution in [0.15, 0.2) is 48.7 Å². The average Bonchev–Trinajstić information content (AvgIpc) is 3.20. The van der Waals surface area contributed by atoms with E-state index in [0.29, 0.717) is 11.6 Å². The fourth-order valence-corrected chi connectivity index (χ4v) is 4.21. The van der Waals surface area contributed by atoms with Crippen molar-refractivity contribution in [2.45, 2.75) is 65.6 Å². The molecule has 0 saturated carbocycles. The van der Waals surface area contributed by atoms with E-state index < -0.39 is 0 Å². The lowest BCUT2D eigenvalue weighted by molar-refractivity contribution is 0.191. The number of hydrogen-bond acceptors (Lipinski definition) is 3. The minimum Gasteiger partial charge on any atom is -0.508 e. The predicted molar refractivity (Wildman–Crippen MR) is 129 cm³/mol. The number of phenolic OH excluding ortho intramolecular Hbond substituents is 1. The highest BCUT2D eigenvalue weighted by molar-refractivity contribution is 6.31. The molecule has 0 bridgehead atoms. The predicted octanol–water partition coefficient (Wildman–Crippen LogP) is 7.21. The smallest absolute Gasteiger partial charge is 0.140 e. The van der Waals surface area contributed by atoms with E-state index in [-0.39, 0.29) is 17.6 Å². The highest BCUT2D eigenvalue weighted by Crippen LogP contribution is 2.30. The molecule has 0 spiro atoms. The summed E-state index contributed by atoms with van der Waals surface area (Å²) in [6, 6.07) is 11.9. The van der Waals surface area contributed by atoms with E-state index in [0.717, 1.165) is 61.4 Å². The van der Waals surface area contributed by atoms with Gasteiger partial charge in [0.15, 0.2) is 0 Å². The van der Waals surface area contributed by atoms with E-state index in [1.807, 2.05) is 18.3 Å². The van der Waals surface area contributed by atoms with Gasteiger partial charge in [-0.1, -0.05) is 56.5 Å². The van der Waals surface area contributed by atoms with Crippen LogP contribution in [0.1, 0.15) is 63.8 Å². The molecular formula is C26H33ClFN3O. The van der Waals surface area contributed by atoms with E-state index >= 15 is 0 Å². The van der Waals surface area contributed by atoms with E-state index in [9.17, 15) is 9.50 Å². The van der Waals surface area contributed by atoms with E-state index in [1.54, 1.807) is 24.3 Å². The van der Waals surface area contributed by atoms with Gasteiger partial charge in [0, 0.05) is 29.7 Å². The Morgan fingerprint density at radius 2 is 1.91 bits per heavy atom. The second kappa shape index (κ2) is 11.5. The van der Waals surface area contributed by atoms with Gasteiger partial charge in [0.25, 0.3) is 0 Å². The number of imidazole rings is 1. The Labute approximate surface area is 195 Å². The zero-order chi connectivity index (χ0) is 23.1. The zero-order valence-corrected chi connectivity index (χ0v) is 19.9. The summed E-state index contributed by atoms with van der Waals surface area (Å²) in [7, 11) is 0. The third-order valence-electron chi connectivity index (χ3n) is 5.89. The van der Waals surface area contributed by atoms with Crippen molar-refractivity contribution in [1.29, 1.82) is 0 Å². The number of aromatic nitrogens is 2. The van der Waals surface area contributed by atoms with Gasteiger partial charge in [-0.2, -0.15) is 0 Å². The molecule has 1 atom stereocenters. The maximum atomic E-state index is 13.9. The van der Waals surface area contributed by atoms with Crippen molar-refractivity contribution >= 4 is 11.6 Å². The zero-order valence-electron chi connectivity index (χ0n) is 19.2. The Hall–Kier alpha value is -2.37. The number of rotatable bonds is 11. The summed E-state index contributed by atoms with van der Waals surface area (Å²) in [5.41, 5.74) is 2.89. The normalized spacial score (nSPS) is 12.4. The Bertz CT molecular complexity index is 1020. The van der Waals surface area contributed by atoms with Crippen LogP contribution in [-0.4, -0.2) is 26.1 Å². The first kappa shape index (κ1) is 24.3. The summed E-state index contributed by atoms with van der Waals surface area (Å²) in [5, 5.41) is 10.3. The Morgan fingerprint density at radius 3 is 2.59 bits per heavy atom. The highest BCUT2D eigenvalue weighted by atomic mass is 35.5. The van der Waals surface area contributed by atoms with E-state index in [1.165, 1.54) is 6.07 Å². The van der Waals surface area contributed by atoms with Crippen LogP contribution in [-0.2, 0) is 13.1 Å². The van der Waals surface area contributed by atoms with Crippen molar-refractivity contribution in [3.63, 3.8) is 0 Å². The largest absolute Gasteiger partial charge is 0.508 e. The fraction of sp³-hybridized carbons (Fsp3) is 0.423. The maximum absolute atomic E-state index is 13.9. The first-order valence-corrected chi connectivity index (χ1v) is 11.8. The lowest BCUT2D eigenvalue weighted by Gasteiger charge is -2.30. The number of nitrogens with zero attached hydrogens (tertiary/aromatic N) is 3. The summed E-state index contributed by atoms with van der Waals surface area (Å²) < 4.78 is 16.1. The van der Waals surface area contributed by atoms with Gasteiger partial charge in [-0.3, -0.25) is 4.90 Å². The van der Waals surface area contributed by atoms with Gasteiger partial charge < -0.3 is 9.67 Å². The molecule has 4 nitrogen and oxygen atoms in total. The summed E-state index contributed by atoms with van der Waals surface area (Å²) in [6.07, 6.45) is 6.18. The third kappa shape index (κ3) is 5.90. The van der Waals surface area contributed by atoms with Crippen LogP contribution in [0, 0.1) is 5.82 Å². The van der Waals surface area contributed by atoms with Gasteiger partial charge in [-0.15, -0.1) is 0 Å². The third-order valence-corrected chi connectivity index (χ3v) is 6.24. The summed E-state index contributed by atoms with van der Waals surface area (Å²) in [5.74, 6) is 0.718. The first-order chi connectivity index (χ1) is 15.4. The molecule has 2 aromatic carbocycles. The minimum atomic E-state index is -0.256. The summed E-state index contributed by atoms with van der Waals surface area (Å²) in [4.78, 5) is 7.11. The maximum Gasteiger partial charge on any atom is 0.140 e. The Balaban J connectivity index is 1.96. The molecule has 0 saturated heterocycles. The molecule has 0 aliphatic heterocycles. The molecule has 1 unspecified atom stereocenters. The van der Waals surface area contributed by atoms with Crippen LogP contribution in [0.4, 0.5) is 4.39 Å². The van der Waals surface area contributed by atoms with Crippen LogP contribution in [0.25, 0.3) is 11.4 Å². The van der Waals surface area contributed by atoms with Crippen molar-refractivity contribution in [3.8, 4) is 17.1 Å².